The number of benzene rings is 1. The lowest BCUT2D eigenvalue weighted by Gasteiger charge is -2.27. The van der Waals surface area contributed by atoms with E-state index in [9.17, 15) is 9.18 Å². The largest absolute Gasteiger partial charge is 0.481 e. The number of halogens is 1. The molecule has 1 aromatic rings. The number of carboxylic acid groups (broad SMARTS) is 1. The van der Waals surface area contributed by atoms with Crippen molar-refractivity contribution in [1.29, 1.82) is 0 Å². The number of aliphatic carboxylic acids is 1. The molecule has 0 radical (unpaired) electrons. The zero-order chi connectivity index (χ0) is 12.4. The Morgan fingerprint density at radius 1 is 1.29 bits per heavy atom. The molecule has 0 spiro atoms. The van der Waals surface area contributed by atoms with Gasteiger partial charge in [-0.3, -0.25) is 4.79 Å². The Kier molecular flexibility index (Phi) is 3.46. The van der Waals surface area contributed by atoms with Crippen LogP contribution in [0.5, 0.6) is 0 Å². The van der Waals surface area contributed by atoms with E-state index in [1.807, 2.05) is 6.92 Å². The molecular weight excluding hydrogens is 219 g/mol. The minimum Gasteiger partial charge on any atom is -0.481 e. The van der Waals surface area contributed by atoms with Gasteiger partial charge in [0.25, 0.3) is 0 Å². The summed E-state index contributed by atoms with van der Waals surface area (Å²) in [5.74, 6) is -0.785. The molecule has 0 saturated heterocycles. The van der Waals surface area contributed by atoms with Crippen molar-refractivity contribution in [3.05, 3.63) is 35.1 Å². The van der Waals surface area contributed by atoms with E-state index in [2.05, 4.69) is 0 Å². The highest BCUT2D eigenvalue weighted by Gasteiger charge is 2.27. The van der Waals surface area contributed by atoms with Gasteiger partial charge in [0.15, 0.2) is 0 Å². The molecule has 1 saturated carbocycles. The molecule has 3 heteroatoms. The lowest BCUT2D eigenvalue weighted by molar-refractivity contribution is -0.142. The summed E-state index contributed by atoms with van der Waals surface area (Å²) in [6.07, 6.45) is 3.11. The zero-order valence-corrected chi connectivity index (χ0v) is 9.95. The zero-order valence-electron chi connectivity index (χ0n) is 9.95. The quantitative estimate of drug-likeness (QED) is 0.853. The molecule has 1 N–H and O–H groups in total. The second-order valence-electron chi connectivity index (χ2n) is 4.89. The first kappa shape index (κ1) is 12.1. The van der Waals surface area contributed by atoms with Crippen molar-refractivity contribution in [1.82, 2.24) is 0 Å². The van der Waals surface area contributed by atoms with Crippen molar-refractivity contribution >= 4 is 5.97 Å². The molecule has 1 aliphatic rings. The molecule has 0 amide bonds. The van der Waals surface area contributed by atoms with Gasteiger partial charge in [-0.2, -0.15) is 0 Å². The number of carbonyl (C=O) groups is 1. The Hall–Kier alpha value is -1.38. The highest BCUT2D eigenvalue weighted by Crippen LogP contribution is 2.37. The predicted octanol–water partition coefficient (Wildman–Crippen LogP) is 3.49. The minimum absolute atomic E-state index is 0.203. The fourth-order valence-electron chi connectivity index (χ4n) is 2.70. The van der Waals surface area contributed by atoms with Crippen LogP contribution in [0.15, 0.2) is 18.2 Å². The maximum absolute atomic E-state index is 13.2. The lowest BCUT2D eigenvalue weighted by Crippen LogP contribution is -2.20. The van der Waals surface area contributed by atoms with Crippen LogP contribution in [0.3, 0.4) is 0 Å². The average Bonchev–Trinajstić information content (AvgIpc) is 2.32. The maximum atomic E-state index is 13.2. The van der Waals surface area contributed by atoms with Crippen LogP contribution < -0.4 is 0 Å². The van der Waals surface area contributed by atoms with Crippen molar-refractivity contribution in [2.45, 2.75) is 38.5 Å². The second kappa shape index (κ2) is 4.86. The van der Waals surface area contributed by atoms with Crippen LogP contribution in [-0.4, -0.2) is 11.1 Å². The Morgan fingerprint density at radius 2 is 1.94 bits per heavy atom. The third-order valence-electron chi connectivity index (χ3n) is 3.76. The summed E-state index contributed by atoms with van der Waals surface area (Å²) in [5.41, 5.74) is 2.15. The highest BCUT2D eigenvalue weighted by molar-refractivity contribution is 5.70. The summed E-state index contributed by atoms with van der Waals surface area (Å²) in [5, 5.41) is 8.93. The van der Waals surface area contributed by atoms with Gasteiger partial charge >= 0.3 is 5.97 Å². The molecular formula is C14H17FO2. The standard InChI is InChI=1S/C14H17FO2/c1-9-2-7-12(15)8-13(9)10-3-5-11(6-4-10)14(16)17/h2,7-8,10-11H,3-6H2,1H3,(H,16,17). The summed E-state index contributed by atoms with van der Waals surface area (Å²) in [6, 6.07) is 4.87. The van der Waals surface area contributed by atoms with Crippen LogP contribution >= 0.6 is 0 Å². The Morgan fingerprint density at radius 3 is 2.53 bits per heavy atom. The summed E-state index contributed by atoms with van der Waals surface area (Å²) in [7, 11) is 0. The van der Waals surface area contributed by atoms with Gasteiger partial charge in [-0.25, -0.2) is 4.39 Å². The van der Waals surface area contributed by atoms with Crippen LogP contribution in [0.2, 0.25) is 0 Å². The monoisotopic (exact) mass is 236 g/mol. The van der Waals surface area contributed by atoms with E-state index < -0.39 is 5.97 Å². The summed E-state index contributed by atoms with van der Waals surface area (Å²) >= 11 is 0. The van der Waals surface area contributed by atoms with Gasteiger partial charge in [0.1, 0.15) is 5.82 Å². The normalized spacial score (nSPS) is 24.6. The lowest BCUT2D eigenvalue weighted by atomic mass is 9.77. The highest BCUT2D eigenvalue weighted by atomic mass is 19.1. The third kappa shape index (κ3) is 2.65. The van der Waals surface area contributed by atoms with E-state index in [4.69, 9.17) is 5.11 Å². The van der Waals surface area contributed by atoms with Crippen LogP contribution in [0.4, 0.5) is 4.39 Å². The molecule has 17 heavy (non-hydrogen) atoms. The van der Waals surface area contributed by atoms with E-state index in [1.54, 1.807) is 12.1 Å². The Labute approximate surface area is 100 Å². The molecule has 0 bridgehead atoms. The first-order valence-corrected chi connectivity index (χ1v) is 6.07. The molecule has 0 aliphatic heterocycles. The number of aryl methyl sites for hydroxylation is 1. The summed E-state index contributed by atoms with van der Waals surface area (Å²) in [6.45, 7) is 1.98. The molecule has 1 aliphatic carbocycles. The molecule has 1 aromatic carbocycles. The van der Waals surface area contributed by atoms with Gasteiger partial charge < -0.3 is 5.11 Å². The van der Waals surface area contributed by atoms with Crippen molar-refractivity contribution < 1.29 is 14.3 Å². The summed E-state index contributed by atoms with van der Waals surface area (Å²) < 4.78 is 13.2. The van der Waals surface area contributed by atoms with Crippen LogP contribution in [-0.2, 0) is 4.79 Å². The molecule has 92 valence electrons. The topological polar surface area (TPSA) is 37.3 Å². The second-order valence-corrected chi connectivity index (χ2v) is 4.89. The molecule has 0 heterocycles. The smallest absolute Gasteiger partial charge is 0.306 e. The van der Waals surface area contributed by atoms with Gasteiger partial charge in [0, 0.05) is 0 Å². The predicted molar refractivity (Wildman–Crippen MR) is 63.5 cm³/mol. The van der Waals surface area contributed by atoms with Crippen molar-refractivity contribution in [2.75, 3.05) is 0 Å². The first-order chi connectivity index (χ1) is 8.08. The van der Waals surface area contributed by atoms with Gasteiger partial charge in [0.2, 0.25) is 0 Å². The van der Waals surface area contributed by atoms with E-state index in [0.29, 0.717) is 18.8 Å². The van der Waals surface area contributed by atoms with Crippen LogP contribution in [0.1, 0.15) is 42.7 Å². The molecule has 0 unspecified atom stereocenters. The van der Waals surface area contributed by atoms with Crippen molar-refractivity contribution in [2.24, 2.45) is 5.92 Å². The molecule has 0 aromatic heterocycles. The van der Waals surface area contributed by atoms with Gasteiger partial charge in [-0.05, 0) is 61.8 Å². The number of hydrogen-bond donors (Lipinski definition) is 1. The Balaban J connectivity index is 2.10. The van der Waals surface area contributed by atoms with Crippen LogP contribution in [0.25, 0.3) is 0 Å². The van der Waals surface area contributed by atoms with E-state index in [1.165, 1.54) is 6.07 Å². The number of rotatable bonds is 2. The van der Waals surface area contributed by atoms with Gasteiger partial charge in [0.05, 0.1) is 5.92 Å². The third-order valence-corrected chi connectivity index (χ3v) is 3.76. The number of hydrogen-bond acceptors (Lipinski definition) is 1. The SMILES string of the molecule is Cc1ccc(F)cc1C1CCC(C(=O)O)CC1. The molecule has 2 nitrogen and oxygen atoms in total. The van der Waals surface area contributed by atoms with E-state index in [-0.39, 0.29) is 11.7 Å². The van der Waals surface area contributed by atoms with Crippen molar-refractivity contribution in [3.8, 4) is 0 Å². The fraction of sp³-hybridized carbons (Fsp3) is 0.500. The van der Waals surface area contributed by atoms with Crippen LogP contribution in [0, 0.1) is 18.7 Å². The van der Waals surface area contributed by atoms with E-state index >= 15 is 0 Å². The first-order valence-electron chi connectivity index (χ1n) is 6.07. The maximum Gasteiger partial charge on any atom is 0.306 e. The van der Waals surface area contributed by atoms with Gasteiger partial charge in [-0.1, -0.05) is 6.07 Å². The minimum atomic E-state index is -0.695. The summed E-state index contributed by atoms with van der Waals surface area (Å²) in [4.78, 5) is 10.9. The average molecular weight is 236 g/mol. The van der Waals surface area contributed by atoms with Gasteiger partial charge in [-0.15, -0.1) is 0 Å². The molecule has 2 rings (SSSR count). The Bertz CT molecular complexity index is 420. The molecule has 1 fully saturated rings. The van der Waals surface area contributed by atoms with Crippen molar-refractivity contribution in [3.63, 3.8) is 0 Å². The molecule has 0 atom stereocenters. The van der Waals surface area contributed by atoms with E-state index in [0.717, 1.165) is 24.0 Å². The fourth-order valence-corrected chi connectivity index (χ4v) is 2.70. The number of carboxylic acids is 1.